The van der Waals surface area contributed by atoms with Crippen LogP contribution >= 0.6 is 0 Å². The van der Waals surface area contributed by atoms with E-state index in [4.69, 9.17) is 0 Å². The maximum atomic E-state index is 4.31. The normalized spacial score (nSPS) is 17.9. The van der Waals surface area contributed by atoms with Gasteiger partial charge in [0.25, 0.3) is 0 Å². The van der Waals surface area contributed by atoms with E-state index in [-0.39, 0.29) is 0 Å². The Hall–Kier alpha value is -1.29. The van der Waals surface area contributed by atoms with Crippen molar-refractivity contribution in [3.05, 3.63) is 18.5 Å². The molecule has 4 heteroatoms. The minimum absolute atomic E-state index is 0.938. The highest BCUT2D eigenvalue weighted by atomic mass is 15.2. The molecule has 1 aliphatic heterocycles. The molecular formula is C13H22N4. The lowest BCUT2D eigenvalue weighted by molar-refractivity contribution is 0.360. The topological polar surface area (TPSA) is 31.4 Å². The second kappa shape index (κ2) is 5.87. The summed E-state index contributed by atoms with van der Waals surface area (Å²) in [6, 6.07) is 2.20. The smallest absolute Gasteiger partial charge is 0.0573 e. The minimum atomic E-state index is 0.938. The molecule has 0 bridgehead atoms. The molecule has 17 heavy (non-hydrogen) atoms. The fourth-order valence-electron chi connectivity index (χ4n) is 2.21. The van der Waals surface area contributed by atoms with Gasteiger partial charge in [-0.3, -0.25) is 4.98 Å². The third-order valence-corrected chi connectivity index (χ3v) is 3.19. The highest BCUT2D eigenvalue weighted by molar-refractivity contribution is 5.55. The van der Waals surface area contributed by atoms with Crippen molar-refractivity contribution in [2.75, 3.05) is 50.0 Å². The molecule has 0 spiro atoms. The van der Waals surface area contributed by atoms with E-state index >= 15 is 0 Å². The van der Waals surface area contributed by atoms with Crippen molar-refractivity contribution in [1.29, 1.82) is 0 Å². The van der Waals surface area contributed by atoms with Crippen molar-refractivity contribution in [3.63, 3.8) is 0 Å². The van der Waals surface area contributed by atoms with Gasteiger partial charge in [0.05, 0.1) is 23.8 Å². The first-order valence-corrected chi connectivity index (χ1v) is 6.42. The quantitative estimate of drug-likeness (QED) is 0.862. The van der Waals surface area contributed by atoms with Crippen molar-refractivity contribution in [2.24, 2.45) is 0 Å². The first-order chi connectivity index (χ1) is 8.29. The molecule has 0 atom stereocenters. The molecule has 2 rings (SSSR count). The largest absolute Gasteiger partial charge is 0.384 e. The summed E-state index contributed by atoms with van der Waals surface area (Å²) in [5.74, 6) is 0. The first kappa shape index (κ1) is 12.2. The number of nitrogens with zero attached hydrogens (tertiary/aromatic N) is 3. The maximum Gasteiger partial charge on any atom is 0.0573 e. The van der Waals surface area contributed by atoms with E-state index in [1.165, 1.54) is 18.7 Å². The average Bonchev–Trinajstić information content (AvgIpc) is 2.55. The molecule has 1 saturated heterocycles. The number of rotatable bonds is 3. The van der Waals surface area contributed by atoms with E-state index in [0.29, 0.717) is 0 Å². The lowest BCUT2D eigenvalue weighted by atomic mass is 10.3. The van der Waals surface area contributed by atoms with E-state index < -0.39 is 0 Å². The van der Waals surface area contributed by atoms with Gasteiger partial charge in [0, 0.05) is 26.2 Å². The fourth-order valence-corrected chi connectivity index (χ4v) is 2.21. The van der Waals surface area contributed by atoms with Gasteiger partial charge in [-0.25, -0.2) is 0 Å². The van der Waals surface area contributed by atoms with Gasteiger partial charge in [-0.05, 0) is 33.0 Å². The van der Waals surface area contributed by atoms with Crippen LogP contribution in [0.4, 0.5) is 11.4 Å². The van der Waals surface area contributed by atoms with Crippen LogP contribution in [0.15, 0.2) is 18.5 Å². The number of anilines is 2. The van der Waals surface area contributed by atoms with Crippen molar-refractivity contribution < 1.29 is 0 Å². The van der Waals surface area contributed by atoms with Gasteiger partial charge in [-0.2, -0.15) is 0 Å². The van der Waals surface area contributed by atoms with Gasteiger partial charge in [0.15, 0.2) is 0 Å². The highest BCUT2D eigenvalue weighted by Gasteiger charge is 2.12. The minimum Gasteiger partial charge on any atom is -0.384 e. The van der Waals surface area contributed by atoms with Crippen LogP contribution in [-0.2, 0) is 0 Å². The summed E-state index contributed by atoms with van der Waals surface area (Å²) in [5, 5.41) is 3.31. The standard InChI is InChI=1S/C13H22N4/c1-3-15-12-9-13(11-14-10-12)17-6-4-5-16(2)7-8-17/h9-11,15H,3-8H2,1-2H3. The van der Waals surface area contributed by atoms with Gasteiger partial charge < -0.3 is 15.1 Å². The van der Waals surface area contributed by atoms with Crippen molar-refractivity contribution in [3.8, 4) is 0 Å². The zero-order valence-electron chi connectivity index (χ0n) is 10.8. The fraction of sp³-hybridized carbons (Fsp3) is 0.615. The Morgan fingerprint density at radius 3 is 2.94 bits per heavy atom. The number of pyridine rings is 1. The molecule has 1 aromatic rings. The van der Waals surface area contributed by atoms with Crippen molar-refractivity contribution in [1.82, 2.24) is 9.88 Å². The van der Waals surface area contributed by atoms with Crippen molar-refractivity contribution in [2.45, 2.75) is 13.3 Å². The van der Waals surface area contributed by atoms with E-state index in [1.807, 2.05) is 12.4 Å². The molecule has 1 fully saturated rings. The molecule has 0 amide bonds. The molecule has 0 aliphatic carbocycles. The second-order valence-electron chi connectivity index (χ2n) is 4.61. The molecule has 4 nitrogen and oxygen atoms in total. The van der Waals surface area contributed by atoms with Gasteiger partial charge in [-0.15, -0.1) is 0 Å². The van der Waals surface area contributed by atoms with Gasteiger partial charge >= 0.3 is 0 Å². The van der Waals surface area contributed by atoms with Crippen LogP contribution in [0.3, 0.4) is 0 Å². The number of likely N-dealkylation sites (N-methyl/N-ethyl adjacent to an activating group) is 1. The molecule has 0 saturated carbocycles. The average molecular weight is 234 g/mol. The van der Waals surface area contributed by atoms with Crippen LogP contribution in [0, 0.1) is 0 Å². The number of hydrogen-bond acceptors (Lipinski definition) is 4. The Morgan fingerprint density at radius 2 is 2.12 bits per heavy atom. The van der Waals surface area contributed by atoms with E-state index in [0.717, 1.165) is 31.9 Å². The predicted molar refractivity (Wildman–Crippen MR) is 72.7 cm³/mol. The third-order valence-electron chi connectivity index (χ3n) is 3.19. The Balaban J connectivity index is 2.07. The molecule has 2 heterocycles. The Bertz CT molecular complexity index is 353. The van der Waals surface area contributed by atoms with Crippen LogP contribution < -0.4 is 10.2 Å². The summed E-state index contributed by atoms with van der Waals surface area (Å²) >= 11 is 0. The molecule has 94 valence electrons. The zero-order valence-corrected chi connectivity index (χ0v) is 10.8. The van der Waals surface area contributed by atoms with E-state index in [2.05, 4.69) is 40.1 Å². The molecule has 0 radical (unpaired) electrons. The molecule has 1 aliphatic rings. The Kier molecular flexibility index (Phi) is 4.20. The van der Waals surface area contributed by atoms with Gasteiger partial charge in [0.2, 0.25) is 0 Å². The first-order valence-electron chi connectivity index (χ1n) is 6.42. The summed E-state index contributed by atoms with van der Waals surface area (Å²) < 4.78 is 0. The molecule has 0 unspecified atom stereocenters. The van der Waals surface area contributed by atoms with E-state index in [9.17, 15) is 0 Å². The summed E-state index contributed by atoms with van der Waals surface area (Å²) in [6.07, 6.45) is 5.07. The second-order valence-corrected chi connectivity index (χ2v) is 4.61. The lowest BCUT2D eigenvalue weighted by Gasteiger charge is -2.22. The Morgan fingerprint density at radius 1 is 1.24 bits per heavy atom. The monoisotopic (exact) mass is 234 g/mol. The Labute approximate surface area is 104 Å². The molecule has 1 N–H and O–H groups in total. The summed E-state index contributed by atoms with van der Waals surface area (Å²) in [4.78, 5) is 9.13. The predicted octanol–water partition coefficient (Wildman–Crippen LogP) is 1.66. The van der Waals surface area contributed by atoms with Crippen LogP contribution in [0.1, 0.15) is 13.3 Å². The number of hydrogen-bond donors (Lipinski definition) is 1. The van der Waals surface area contributed by atoms with Crippen LogP contribution in [0.25, 0.3) is 0 Å². The highest BCUT2D eigenvalue weighted by Crippen LogP contribution is 2.19. The molecule has 1 aromatic heterocycles. The lowest BCUT2D eigenvalue weighted by Crippen LogP contribution is -2.28. The van der Waals surface area contributed by atoms with Crippen LogP contribution in [-0.4, -0.2) is 49.7 Å². The maximum absolute atomic E-state index is 4.31. The molecule has 0 aromatic carbocycles. The van der Waals surface area contributed by atoms with Crippen LogP contribution in [0.5, 0.6) is 0 Å². The van der Waals surface area contributed by atoms with Gasteiger partial charge in [0.1, 0.15) is 0 Å². The van der Waals surface area contributed by atoms with E-state index in [1.54, 1.807) is 0 Å². The number of aromatic nitrogens is 1. The molecular weight excluding hydrogens is 212 g/mol. The number of nitrogens with one attached hydrogen (secondary N) is 1. The zero-order chi connectivity index (χ0) is 12.1. The summed E-state index contributed by atoms with van der Waals surface area (Å²) in [7, 11) is 2.19. The third kappa shape index (κ3) is 3.33. The summed E-state index contributed by atoms with van der Waals surface area (Å²) in [6.45, 7) is 7.58. The summed E-state index contributed by atoms with van der Waals surface area (Å²) in [5.41, 5.74) is 2.35. The van der Waals surface area contributed by atoms with Crippen LogP contribution in [0.2, 0.25) is 0 Å². The van der Waals surface area contributed by atoms with Crippen molar-refractivity contribution >= 4 is 11.4 Å². The SMILES string of the molecule is CCNc1cncc(N2CCCN(C)CC2)c1. The van der Waals surface area contributed by atoms with Gasteiger partial charge in [-0.1, -0.05) is 0 Å².